The van der Waals surface area contributed by atoms with Crippen molar-refractivity contribution in [3.05, 3.63) is 157 Å². The molecule has 0 N–H and O–H groups in total. The van der Waals surface area contributed by atoms with Crippen molar-refractivity contribution in [2.24, 2.45) is 0 Å². The van der Waals surface area contributed by atoms with E-state index in [2.05, 4.69) is 118 Å². The number of aromatic nitrogens is 2. The number of para-hydroxylation sites is 4. The molecule has 0 aliphatic heterocycles. The zero-order chi connectivity index (χ0) is 37.8. The molecule has 0 bridgehead atoms. The third kappa shape index (κ3) is 3.15. The van der Waals surface area contributed by atoms with Crippen LogP contribution in [0.3, 0.4) is 0 Å². The molecule has 2 heteroatoms. The molecule has 232 valence electrons. The number of hydrogen-bond acceptors (Lipinski definition) is 0. The highest BCUT2D eigenvalue weighted by Crippen LogP contribution is 2.49. The molecule has 50 heavy (non-hydrogen) atoms. The van der Waals surface area contributed by atoms with Gasteiger partial charge in [-0.3, -0.25) is 0 Å². The van der Waals surface area contributed by atoms with E-state index in [4.69, 9.17) is 8.22 Å². The second-order valence-electron chi connectivity index (χ2n) is 13.7. The van der Waals surface area contributed by atoms with Crippen LogP contribution >= 0.6 is 0 Å². The smallest absolute Gasteiger partial charge is 0.0627 e. The van der Waals surface area contributed by atoms with Crippen LogP contribution < -0.4 is 0 Å². The van der Waals surface area contributed by atoms with Gasteiger partial charge in [-0.2, -0.15) is 0 Å². The first kappa shape index (κ1) is 21.6. The van der Waals surface area contributed by atoms with Gasteiger partial charge in [-0.25, -0.2) is 0 Å². The molecule has 0 atom stereocenters. The zero-order valence-corrected chi connectivity index (χ0v) is 26.8. The van der Waals surface area contributed by atoms with Gasteiger partial charge in [-0.1, -0.05) is 115 Å². The summed E-state index contributed by atoms with van der Waals surface area (Å²) in [5.41, 5.74) is 10.2. The predicted octanol–water partition coefficient (Wildman–Crippen LogP) is 13.1. The molecule has 0 spiro atoms. The van der Waals surface area contributed by atoms with Crippen molar-refractivity contribution < 1.29 is 8.22 Å². The minimum Gasteiger partial charge on any atom is -0.308 e. The summed E-state index contributed by atoms with van der Waals surface area (Å²) in [6.45, 7) is -4.97. The van der Waals surface area contributed by atoms with Crippen LogP contribution in [0.25, 0.3) is 109 Å². The van der Waals surface area contributed by atoms with Gasteiger partial charge < -0.3 is 8.80 Å². The second kappa shape index (κ2) is 9.19. The van der Waals surface area contributed by atoms with Crippen molar-refractivity contribution in [1.82, 2.24) is 8.80 Å². The van der Waals surface area contributed by atoms with Crippen LogP contribution in [-0.2, 0) is 0 Å². The number of rotatable bonds is 2. The van der Waals surface area contributed by atoms with Crippen LogP contribution in [0.15, 0.2) is 146 Å². The first-order valence-electron chi connectivity index (χ1n) is 20.0. The molecular weight excluding hydrogens is 605 g/mol. The van der Waals surface area contributed by atoms with Crippen LogP contribution in [0, 0.1) is 13.7 Å². The van der Waals surface area contributed by atoms with E-state index in [0.29, 0.717) is 5.56 Å². The van der Waals surface area contributed by atoms with Gasteiger partial charge in [-0.05, 0) is 82.6 Å². The minimum absolute atomic E-state index is 0.0351. The van der Waals surface area contributed by atoms with Crippen molar-refractivity contribution in [1.29, 1.82) is 0 Å². The molecule has 4 heterocycles. The van der Waals surface area contributed by atoms with E-state index < -0.39 is 13.7 Å². The first-order chi connectivity index (χ1) is 27.1. The van der Waals surface area contributed by atoms with Crippen molar-refractivity contribution in [3.8, 4) is 22.3 Å². The summed E-state index contributed by atoms with van der Waals surface area (Å²) in [7, 11) is 0. The van der Waals surface area contributed by atoms with E-state index in [1.807, 2.05) is 18.2 Å². The van der Waals surface area contributed by atoms with Crippen molar-refractivity contribution in [2.75, 3.05) is 0 Å². The average Bonchev–Trinajstić information content (AvgIpc) is 3.92. The first-order valence-corrected chi connectivity index (χ1v) is 17.0. The van der Waals surface area contributed by atoms with E-state index >= 15 is 0 Å². The van der Waals surface area contributed by atoms with Gasteiger partial charge in [0.05, 0.1) is 33.1 Å². The molecule has 0 saturated heterocycles. The summed E-state index contributed by atoms with van der Waals surface area (Å²) in [6, 6.07) is 49.8. The maximum absolute atomic E-state index is 8.27. The number of nitrogens with zero attached hydrogens (tertiary/aromatic N) is 2. The lowest BCUT2D eigenvalue weighted by molar-refractivity contribution is 1.36. The zero-order valence-electron chi connectivity index (χ0n) is 32.8. The molecule has 0 amide bonds. The number of aryl methyl sites for hydroxylation is 2. The maximum Gasteiger partial charge on any atom is 0.0627 e. The fourth-order valence-electron chi connectivity index (χ4n) is 9.18. The van der Waals surface area contributed by atoms with Crippen molar-refractivity contribution >= 4 is 87.0 Å². The summed E-state index contributed by atoms with van der Waals surface area (Å²) in [5, 5.41) is 11.6. The summed E-state index contributed by atoms with van der Waals surface area (Å²) >= 11 is 0. The molecule has 2 nitrogen and oxygen atoms in total. The Morgan fingerprint density at radius 3 is 1.56 bits per heavy atom. The fraction of sp³-hybridized carbons (Fsp3) is 0.0417. The Morgan fingerprint density at radius 1 is 0.380 bits per heavy atom. The maximum atomic E-state index is 8.27. The largest absolute Gasteiger partial charge is 0.308 e. The lowest BCUT2D eigenvalue weighted by Gasteiger charge is -2.13. The van der Waals surface area contributed by atoms with Crippen LogP contribution in [0.4, 0.5) is 0 Å². The van der Waals surface area contributed by atoms with Gasteiger partial charge in [0.25, 0.3) is 0 Å². The Bertz CT molecular complexity index is 3580. The Hall–Kier alpha value is -6.38. The summed E-state index contributed by atoms with van der Waals surface area (Å²) in [5.74, 6) is 0. The Morgan fingerprint density at radius 2 is 0.900 bits per heavy atom. The molecule has 0 unspecified atom stereocenters. The van der Waals surface area contributed by atoms with Gasteiger partial charge in [0.2, 0.25) is 0 Å². The second-order valence-corrected chi connectivity index (χ2v) is 13.7. The summed E-state index contributed by atoms with van der Waals surface area (Å²) < 4.78 is 54.5. The lowest BCUT2D eigenvalue weighted by atomic mass is 9.91. The molecule has 4 aromatic heterocycles. The highest BCUT2D eigenvalue weighted by atomic mass is 14.9. The number of fused-ring (bicyclic) bond motifs is 13. The third-order valence-electron chi connectivity index (χ3n) is 11.2. The quantitative estimate of drug-likeness (QED) is 0.178. The number of benzene rings is 8. The molecule has 8 aromatic carbocycles. The Balaban J connectivity index is 1.21. The molecule has 12 aromatic rings. The van der Waals surface area contributed by atoms with Gasteiger partial charge in [0.15, 0.2) is 0 Å². The summed E-state index contributed by atoms with van der Waals surface area (Å²) in [6.07, 6.45) is 0. The average molecular weight is 641 g/mol. The monoisotopic (exact) mass is 640 g/mol. The predicted molar refractivity (Wildman–Crippen MR) is 214 cm³/mol. The standard InChI is InChI=1S/C48H30N2/c1-27-10-7-11-28(2)43(27)31-22-20-30-25-32(23-21-29(30)24-31)44-45-38-17-9-15-36-33-12-3-5-18-40(33)49(47(36)38)42(45)26-39-37-16-8-14-35-34-13-4-6-19-41(34)50(46(35)37)48(39)44/h3-26H,1-2H3/i1D3,2D3. The van der Waals surface area contributed by atoms with Gasteiger partial charge in [0, 0.05) is 56.9 Å². The van der Waals surface area contributed by atoms with Crippen LogP contribution in [0.5, 0.6) is 0 Å². The SMILES string of the molecule is [2H]C([2H])([2H])c1cccc(C([2H])([2H])[2H])c1-c1ccc2cc(-c3c4c5cccc6c7ccccc7n(c4cc4c7cccc8c9ccccc9n(c34)c87)c65)ccc2c1. The normalized spacial score (nSPS) is 14.9. The molecule has 0 aliphatic carbocycles. The molecule has 0 aliphatic rings. The van der Waals surface area contributed by atoms with E-state index in [-0.39, 0.29) is 16.7 Å². The fourth-order valence-corrected chi connectivity index (χ4v) is 9.18. The van der Waals surface area contributed by atoms with Gasteiger partial charge >= 0.3 is 0 Å². The highest BCUT2D eigenvalue weighted by molar-refractivity contribution is 6.33. The minimum atomic E-state index is -2.48. The van der Waals surface area contributed by atoms with Gasteiger partial charge in [-0.15, -0.1) is 0 Å². The highest BCUT2D eigenvalue weighted by Gasteiger charge is 2.26. The molecule has 12 rings (SSSR count). The molecular formula is C48H30N2. The van der Waals surface area contributed by atoms with E-state index in [0.717, 1.165) is 32.9 Å². The number of hydrogen-bond donors (Lipinski definition) is 0. The van der Waals surface area contributed by atoms with Crippen LogP contribution in [-0.4, -0.2) is 8.80 Å². The van der Waals surface area contributed by atoms with Crippen molar-refractivity contribution in [3.63, 3.8) is 0 Å². The van der Waals surface area contributed by atoms with Crippen LogP contribution in [0.1, 0.15) is 19.4 Å². The molecule has 0 saturated carbocycles. The Kier molecular flexibility index (Phi) is 3.96. The lowest BCUT2D eigenvalue weighted by Crippen LogP contribution is -1.90. The van der Waals surface area contributed by atoms with Gasteiger partial charge in [0.1, 0.15) is 0 Å². The molecule has 0 radical (unpaired) electrons. The summed E-state index contributed by atoms with van der Waals surface area (Å²) in [4.78, 5) is 0. The van der Waals surface area contributed by atoms with Crippen molar-refractivity contribution in [2.45, 2.75) is 13.7 Å². The molecule has 0 fully saturated rings. The van der Waals surface area contributed by atoms with E-state index in [1.54, 1.807) is 0 Å². The van der Waals surface area contributed by atoms with Crippen LogP contribution in [0.2, 0.25) is 0 Å². The Labute approximate surface area is 296 Å². The van der Waals surface area contributed by atoms with E-state index in [1.165, 1.54) is 83.4 Å². The van der Waals surface area contributed by atoms with E-state index in [9.17, 15) is 0 Å². The third-order valence-corrected chi connectivity index (χ3v) is 11.2. The topological polar surface area (TPSA) is 8.82 Å².